The molecule has 0 aromatic heterocycles. The van der Waals surface area contributed by atoms with Gasteiger partial charge in [0.1, 0.15) is 6.04 Å². The molecule has 17 heavy (non-hydrogen) atoms. The first-order chi connectivity index (χ1) is 8.02. The predicted molar refractivity (Wildman–Crippen MR) is 60.3 cm³/mol. The first-order valence-corrected chi connectivity index (χ1v) is 5.66. The third-order valence-corrected chi connectivity index (χ3v) is 2.90. The smallest absolute Gasteiger partial charge is 0.289 e. The molecule has 3 N–H and O–H groups in total. The van der Waals surface area contributed by atoms with E-state index >= 15 is 0 Å². The normalized spacial score (nSPS) is 17.6. The molecule has 2 amide bonds. The van der Waals surface area contributed by atoms with Crippen molar-refractivity contribution in [1.82, 2.24) is 10.4 Å². The highest BCUT2D eigenvalue weighted by atomic mass is 16.5. The average Bonchev–Trinajstić information content (AvgIpc) is 2.57. The fraction of sp³-hybridized carbons (Fsp3) is 0.636. The fourth-order valence-corrected chi connectivity index (χ4v) is 1.87. The molecule has 6 nitrogen and oxygen atoms in total. The number of aliphatic hydroxyl groups is 1. The topological polar surface area (TPSA) is 89.9 Å². The first kappa shape index (κ1) is 13.5. The van der Waals surface area contributed by atoms with Crippen molar-refractivity contribution in [3.63, 3.8) is 0 Å². The molecule has 0 saturated heterocycles. The van der Waals surface area contributed by atoms with Crippen LogP contribution in [0, 0.1) is 0 Å². The van der Waals surface area contributed by atoms with E-state index < -0.39 is 17.9 Å². The summed E-state index contributed by atoms with van der Waals surface area (Å²) in [7, 11) is 0. The highest BCUT2D eigenvalue weighted by molar-refractivity contribution is 5.97. The summed E-state index contributed by atoms with van der Waals surface area (Å²) in [5.74, 6) is -1.46. The number of carbonyl (C=O) groups excluding carboxylic acids is 2. The summed E-state index contributed by atoms with van der Waals surface area (Å²) >= 11 is 0. The monoisotopic (exact) mass is 242 g/mol. The van der Waals surface area contributed by atoms with E-state index in [0.717, 1.165) is 12.8 Å². The minimum atomic E-state index is -0.730. The summed E-state index contributed by atoms with van der Waals surface area (Å²) in [5.41, 5.74) is 2.11. The molecule has 0 aromatic carbocycles. The van der Waals surface area contributed by atoms with Crippen molar-refractivity contribution in [2.45, 2.75) is 39.2 Å². The van der Waals surface area contributed by atoms with E-state index in [2.05, 4.69) is 0 Å². The minimum Gasteiger partial charge on any atom is -0.503 e. The van der Waals surface area contributed by atoms with Gasteiger partial charge in [-0.1, -0.05) is 19.8 Å². The molecule has 0 fully saturated rings. The molecule has 1 atom stereocenters. The van der Waals surface area contributed by atoms with Crippen LogP contribution in [0.5, 0.6) is 0 Å². The zero-order valence-electron chi connectivity index (χ0n) is 10.1. The molecule has 1 heterocycles. The zero-order valence-corrected chi connectivity index (χ0v) is 10.1. The maximum Gasteiger partial charge on any atom is 0.289 e. The van der Waals surface area contributed by atoms with Gasteiger partial charge in [-0.3, -0.25) is 14.8 Å². The third-order valence-electron chi connectivity index (χ3n) is 2.90. The molecule has 6 heteroatoms. The number of unbranched alkanes of at least 4 members (excludes halogenated alkanes) is 1. The van der Waals surface area contributed by atoms with Gasteiger partial charge < -0.3 is 10.0 Å². The van der Waals surface area contributed by atoms with Crippen LogP contribution in [0.2, 0.25) is 0 Å². The highest BCUT2D eigenvalue weighted by Crippen LogP contribution is 2.21. The molecule has 0 bridgehead atoms. The van der Waals surface area contributed by atoms with Gasteiger partial charge >= 0.3 is 0 Å². The zero-order chi connectivity index (χ0) is 13.0. The van der Waals surface area contributed by atoms with E-state index in [1.54, 1.807) is 12.4 Å². The lowest BCUT2D eigenvalue weighted by Crippen LogP contribution is -2.47. The summed E-state index contributed by atoms with van der Waals surface area (Å²) in [5, 5.41) is 18.1. The molecule has 1 aliphatic heterocycles. The Bertz CT molecular complexity index is 351. The SMILES string of the molecule is CCCCC(C(=O)NO)N1CC(C)=C(O)C1=O. The molecular formula is C11H18N2O4. The number of hydroxylamine groups is 1. The van der Waals surface area contributed by atoms with Crippen LogP contribution < -0.4 is 5.48 Å². The Labute approximate surface area is 99.9 Å². The third kappa shape index (κ3) is 2.76. The van der Waals surface area contributed by atoms with Crippen molar-refractivity contribution in [2.24, 2.45) is 0 Å². The standard InChI is InChI=1S/C11H18N2O4/c1-3-4-5-8(10(15)12-17)13-6-7(2)9(14)11(13)16/h8,14,17H,3-6H2,1-2H3,(H,12,15). The van der Waals surface area contributed by atoms with Crippen LogP contribution >= 0.6 is 0 Å². The number of amides is 2. The fourth-order valence-electron chi connectivity index (χ4n) is 1.87. The van der Waals surface area contributed by atoms with Crippen LogP contribution in [0.25, 0.3) is 0 Å². The van der Waals surface area contributed by atoms with E-state index in [9.17, 15) is 14.7 Å². The predicted octanol–water partition coefficient (Wildman–Crippen LogP) is 0.725. The lowest BCUT2D eigenvalue weighted by Gasteiger charge is -2.25. The van der Waals surface area contributed by atoms with E-state index in [1.807, 2.05) is 6.92 Å². The first-order valence-electron chi connectivity index (χ1n) is 5.66. The lowest BCUT2D eigenvalue weighted by molar-refractivity contribution is -0.142. The molecule has 0 saturated carbocycles. The average molecular weight is 242 g/mol. The Kier molecular flexibility index (Phi) is 4.51. The van der Waals surface area contributed by atoms with Gasteiger partial charge in [0, 0.05) is 6.54 Å². The van der Waals surface area contributed by atoms with Crippen molar-refractivity contribution in [3.05, 3.63) is 11.3 Å². The quantitative estimate of drug-likeness (QED) is 0.489. The molecule has 1 aliphatic rings. The number of carbonyl (C=O) groups is 2. The summed E-state index contributed by atoms with van der Waals surface area (Å²) in [4.78, 5) is 24.5. The van der Waals surface area contributed by atoms with E-state index in [1.165, 1.54) is 4.90 Å². The molecular weight excluding hydrogens is 224 g/mol. The maximum atomic E-state index is 11.7. The van der Waals surface area contributed by atoms with Crippen LogP contribution in [-0.2, 0) is 9.59 Å². The van der Waals surface area contributed by atoms with Gasteiger partial charge in [-0.2, -0.15) is 0 Å². The van der Waals surface area contributed by atoms with Crippen molar-refractivity contribution in [1.29, 1.82) is 0 Å². The lowest BCUT2D eigenvalue weighted by atomic mass is 10.1. The molecule has 0 aliphatic carbocycles. The maximum absolute atomic E-state index is 11.7. The second-order valence-electron chi connectivity index (χ2n) is 4.20. The summed E-state index contributed by atoms with van der Waals surface area (Å²) in [6.45, 7) is 3.84. The molecule has 96 valence electrons. The van der Waals surface area contributed by atoms with Crippen LogP contribution in [-0.4, -0.2) is 39.6 Å². The highest BCUT2D eigenvalue weighted by Gasteiger charge is 2.36. The molecule has 0 aromatic rings. The number of hydrogen-bond donors (Lipinski definition) is 3. The summed E-state index contributed by atoms with van der Waals surface area (Å²) in [6.07, 6.45) is 2.12. The number of nitrogens with zero attached hydrogens (tertiary/aromatic N) is 1. The summed E-state index contributed by atoms with van der Waals surface area (Å²) < 4.78 is 0. The second kappa shape index (κ2) is 5.67. The molecule has 0 radical (unpaired) electrons. The molecule has 1 unspecified atom stereocenters. The Morgan fingerprint density at radius 3 is 2.65 bits per heavy atom. The van der Waals surface area contributed by atoms with E-state index in [-0.39, 0.29) is 12.3 Å². The Balaban J connectivity index is 2.79. The van der Waals surface area contributed by atoms with Crippen LogP contribution in [0.15, 0.2) is 11.3 Å². The van der Waals surface area contributed by atoms with E-state index in [4.69, 9.17) is 5.21 Å². The second-order valence-corrected chi connectivity index (χ2v) is 4.20. The number of aliphatic hydroxyl groups excluding tert-OH is 1. The largest absolute Gasteiger partial charge is 0.503 e. The number of hydrogen-bond acceptors (Lipinski definition) is 4. The number of rotatable bonds is 5. The molecule has 1 rings (SSSR count). The van der Waals surface area contributed by atoms with Crippen molar-refractivity contribution in [2.75, 3.05) is 6.54 Å². The van der Waals surface area contributed by atoms with Crippen LogP contribution in [0.3, 0.4) is 0 Å². The van der Waals surface area contributed by atoms with Gasteiger partial charge in [0.2, 0.25) is 0 Å². The Morgan fingerprint density at radius 1 is 1.59 bits per heavy atom. The van der Waals surface area contributed by atoms with Crippen molar-refractivity contribution in [3.8, 4) is 0 Å². The van der Waals surface area contributed by atoms with Crippen LogP contribution in [0.1, 0.15) is 33.1 Å². The Morgan fingerprint density at radius 2 is 2.24 bits per heavy atom. The van der Waals surface area contributed by atoms with Gasteiger partial charge in [0.15, 0.2) is 5.76 Å². The van der Waals surface area contributed by atoms with Crippen LogP contribution in [0.4, 0.5) is 0 Å². The van der Waals surface area contributed by atoms with Gasteiger partial charge in [-0.25, -0.2) is 5.48 Å². The molecule has 0 spiro atoms. The van der Waals surface area contributed by atoms with E-state index in [0.29, 0.717) is 12.0 Å². The van der Waals surface area contributed by atoms with Gasteiger partial charge in [0.05, 0.1) is 0 Å². The minimum absolute atomic E-state index is 0.229. The van der Waals surface area contributed by atoms with Gasteiger partial charge in [-0.15, -0.1) is 0 Å². The van der Waals surface area contributed by atoms with Crippen molar-refractivity contribution < 1.29 is 19.9 Å². The van der Waals surface area contributed by atoms with Gasteiger partial charge in [0.25, 0.3) is 11.8 Å². The number of nitrogens with one attached hydrogen (secondary N) is 1. The summed E-state index contributed by atoms with van der Waals surface area (Å²) in [6, 6.07) is -0.730. The van der Waals surface area contributed by atoms with Crippen molar-refractivity contribution >= 4 is 11.8 Å². The Hall–Kier alpha value is -1.56. The van der Waals surface area contributed by atoms with Gasteiger partial charge in [-0.05, 0) is 18.9 Å².